The molecule has 142 valence electrons. The molecule has 1 N–H and O–H groups in total. The van der Waals surface area contributed by atoms with Gasteiger partial charge < -0.3 is 24.1 Å². The number of hydrogen-bond donors (Lipinski definition) is 1. The molecule has 0 bridgehead atoms. The van der Waals surface area contributed by atoms with Gasteiger partial charge in [0.25, 0.3) is 0 Å². The molecule has 28 heavy (non-hydrogen) atoms. The second-order valence-electron chi connectivity index (χ2n) is 6.86. The van der Waals surface area contributed by atoms with Crippen molar-refractivity contribution < 1.29 is 19.1 Å². The lowest BCUT2D eigenvalue weighted by Gasteiger charge is -2.17. The highest BCUT2D eigenvalue weighted by Crippen LogP contribution is 2.37. The van der Waals surface area contributed by atoms with E-state index in [9.17, 15) is 9.59 Å². The van der Waals surface area contributed by atoms with Crippen LogP contribution in [0, 0.1) is 5.92 Å². The summed E-state index contributed by atoms with van der Waals surface area (Å²) in [4.78, 5) is 31.1. The Balaban J connectivity index is 1.24. The number of fused-ring (bicyclic) bond motifs is 2. The summed E-state index contributed by atoms with van der Waals surface area (Å²) < 4.78 is 12.6. The molecule has 8 nitrogen and oxygen atoms in total. The number of nitrogens with zero attached hydrogens (tertiary/aromatic N) is 3. The van der Waals surface area contributed by atoms with Crippen molar-refractivity contribution >= 4 is 23.1 Å². The van der Waals surface area contributed by atoms with Crippen LogP contribution in [-0.2, 0) is 16.1 Å². The number of ether oxygens (including phenoxy) is 2. The minimum Gasteiger partial charge on any atom is -0.454 e. The highest BCUT2D eigenvalue weighted by Gasteiger charge is 2.35. The Hall–Kier alpha value is -3.55. The maximum atomic E-state index is 12.6. The van der Waals surface area contributed by atoms with Gasteiger partial charge in [-0.1, -0.05) is 6.07 Å². The number of nitrogens with one attached hydrogen (secondary N) is 1. The number of pyridine rings is 1. The quantitative estimate of drug-likeness (QED) is 0.747. The molecule has 0 spiro atoms. The molecule has 2 amide bonds. The topological polar surface area (TPSA) is 85.2 Å². The standard InChI is InChI=1S/C20H18N4O4/c25-19-7-13(10-24(19)15-4-5-16-17(8-15)28-12-27-16)20(26)21-9-14-11-23-6-2-1-3-18(23)22-14/h1-6,8,11,13H,7,9-10,12H2,(H,21,26). The van der Waals surface area contributed by atoms with Crippen molar-refractivity contribution in [2.24, 2.45) is 5.92 Å². The molecule has 2 aromatic heterocycles. The molecule has 1 saturated heterocycles. The summed E-state index contributed by atoms with van der Waals surface area (Å²) in [5.74, 6) is 0.664. The summed E-state index contributed by atoms with van der Waals surface area (Å²) in [5, 5.41) is 2.90. The predicted molar refractivity (Wildman–Crippen MR) is 100 cm³/mol. The molecule has 3 aromatic rings. The van der Waals surface area contributed by atoms with Gasteiger partial charge >= 0.3 is 0 Å². The van der Waals surface area contributed by atoms with Crippen molar-refractivity contribution in [3.63, 3.8) is 0 Å². The lowest BCUT2D eigenvalue weighted by molar-refractivity contribution is -0.126. The zero-order chi connectivity index (χ0) is 19.1. The van der Waals surface area contributed by atoms with Crippen molar-refractivity contribution in [1.29, 1.82) is 0 Å². The molecule has 2 aliphatic heterocycles. The highest BCUT2D eigenvalue weighted by atomic mass is 16.7. The molecule has 0 saturated carbocycles. The lowest BCUT2D eigenvalue weighted by atomic mass is 10.1. The zero-order valence-electron chi connectivity index (χ0n) is 15.0. The average molecular weight is 378 g/mol. The van der Waals surface area contributed by atoms with E-state index in [1.165, 1.54) is 0 Å². The number of aromatic nitrogens is 2. The number of carbonyl (C=O) groups excluding carboxylic acids is 2. The monoisotopic (exact) mass is 378 g/mol. The van der Waals surface area contributed by atoms with Crippen LogP contribution in [-0.4, -0.2) is 34.5 Å². The maximum absolute atomic E-state index is 12.6. The van der Waals surface area contributed by atoms with Gasteiger partial charge in [-0.15, -0.1) is 0 Å². The second kappa shape index (κ2) is 6.56. The van der Waals surface area contributed by atoms with E-state index in [-0.39, 0.29) is 25.0 Å². The van der Waals surface area contributed by atoms with Gasteiger partial charge in [-0.25, -0.2) is 4.98 Å². The molecule has 0 aliphatic carbocycles. The van der Waals surface area contributed by atoms with E-state index in [1.807, 2.05) is 41.1 Å². The van der Waals surface area contributed by atoms with Crippen molar-refractivity contribution in [2.75, 3.05) is 18.2 Å². The van der Waals surface area contributed by atoms with Gasteiger partial charge in [-0.2, -0.15) is 0 Å². The molecule has 1 aromatic carbocycles. The fourth-order valence-corrected chi connectivity index (χ4v) is 3.58. The first-order valence-corrected chi connectivity index (χ1v) is 9.08. The van der Waals surface area contributed by atoms with Gasteiger partial charge in [-0.05, 0) is 24.3 Å². The first-order chi connectivity index (χ1) is 13.7. The number of imidazole rings is 1. The molecule has 1 atom stereocenters. The molecule has 1 fully saturated rings. The van der Waals surface area contributed by atoms with Crippen molar-refractivity contribution in [1.82, 2.24) is 14.7 Å². The molecular formula is C20H18N4O4. The minimum atomic E-state index is -0.394. The Morgan fingerprint density at radius 1 is 1.21 bits per heavy atom. The first-order valence-electron chi connectivity index (χ1n) is 9.08. The Morgan fingerprint density at radius 2 is 2.11 bits per heavy atom. The molecule has 0 radical (unpaired) electrons. The van der Waals surface area contributed by atoms with Crippen molar-refractivity contribution in [3.05, 3.63) is 54.5 Å². The number of amides is 2. The third kappa shape index (κ3) is 2.92. The van der Waals surface area contributed by atoms with Crippen molar-refractivity contribution in [3.8, 4) is 11.5 Å². The number of anilines is 1. The van der Waals surface area contributed by atoms with Gasteiger partial charge in [0.1, 0.15) is 5.65 Å². The number of rotatable bonds is 4. The zero-order valence-corrected chi connectivity index (χ0v) is 15.0. The van der Waals surface area contributed by atoms with Gasteiger partial charge in [0.2, 0.25) is 18.6 Å². The van der Waals surface area contributed by atoms with Crippen LogP contribution in [0.3, 0.4) is 0 Å². The van der Waals surface area contributed by atoms with Crippen LogP contribution in [0.15, 0.2) is 48.8 Å². The SMILES string of the molecule is O=C(NCc1cn2ccccc2n1)C1CC(=O)N(c2ccc3c(c2)OCO3)C1. The Bertz CT molecular complexity index is 1040. The Labute approximate surface area is 160 Å². The van der Waals surface area contributed by atoms with Crippen LogP contribution in [0.25, 0.3) is 5.65 Å². The third-order valence-corrected chi connectivity index (χ3v) is 5.02. The minimum absolute atomic E-state index is 0.0771. The molecule has 2 aliphatic rings. The molecule has 1 unspecified atom stereocenters. The number of carbonyl (C=O) groups is 2. The van der Waals surface area contributed by atoms with Crippen LogP contribution < -0.4 is 19.7 Å². The normalized spacial score (nSPS) is 18.1. The molecular weight excluding hydrogens is 360 g/mol. The second-order valence-corrected chi connectivity index (χ2v) is 6.86. The summed E-state index contributed by atoms with van der Waals surface area (Å²) in [7, 11) is 0. The van der Waals surface area contributed by atoms with Gasteiger partial charge in [0, 0.05) is 37.1 Å². The largest absolute Gasteiger partial charge is 0.454 e. The Kier molecular flexibility index (Phi) is 3.89. The van der Waals surface area contributed by atoms with E-state index < -0.39 is 5.92 Å². The van der Waals surface area contributed by atoms with E-state index in [1.54, 1.807) is 17.0 Å². The van der Waals surface area contributed by atoms with E-state index in [0.29, 0.717) is 30.3 Å². The summed E-state index contributed by atoms with van der Waals surface area (Å²) in [6.07, 6.45) is 3.98. The fourth-order valence-electron chi connectivity index (χ4n) is 3.58. The number of benzene rings is 1. The summed E-state index contributed by atoms with van der Waals surface area (Å²) in [6, 6.07) is 11.1. The first kappa shape index (κ1) is 16.6. The molecule has 8 heteroatoms. The van der Waals surface area contributed by atoms with Crippen LogP contribution >= 0.6 is 0 Å². The highest BCUT2D eigenvalue weighted by molar-refractivity contribution is 6.00. The van der Waals surface area contributed by atoms with Crippen molar-refractivity contribution in [2.45, 2.75) is 13.0 Å². The van der Waals surface area contributed by atoms with Crippen LogP contribution in [0.1, 0.15) is 12.1 Å². The van der Waals surface area contributed by atoms with E-state index >= 15 is 0 Å². The van der Waals surface area contributed by atoms with E-state index in [4.69, 9.17) is 9.47 Å². The third-order valence-electron chi connectivity index (χ3n) is 5.02. The summed E-state index contributed by atoms with van der Waals surface area (Å²) >= 11 is 0. The predicted octanol–water partition coefficient (Wildman–Crippen LogP) is 1.73. The van der Waals surface area contributed by atoms with E-state index in [2.05, 4.69) is 10.3 Å². The smallest absolute Gasteiger partial charge is 0.231 e. The van der Waals surface area contributed by atoms with Crippen LogP contribution in [0.4, 0.5) is 5.69 Å². The fraction of sp³-hybridized carbons (Fsp3) is 0.250. The summed E-state index contributed by atoms with van der Waals surface area (Å²) in [5.41, 5.74) is 2.32. The van der Waals surface area contributed by atoms with Gasteiger partial charge in [0.05, 0.1) is 18.2 Å². The average Bonchev–Trinajstić information content (AvgIpc) is 3.42. The van der Waals surface area contributed by atoms with Gasteiger partial charge in [-0.3, -0.25) is 9.59 Å². The summed E-state index contributed by atoms with van der Waals surface area (Å²) in [6.45, 7) is 0.853. The van der Waals surface area contributed by atoms with Crippen LogP contribution in [0.2, 0.25) is 0 Å². The maximum Gasteiger partial charge on any atom is 0.231 e. The molecule has 4 heterocycles. The van der Waals surface area contributed by atoms with E-state index in [0.717, 1.165) is 11.3 Å². The number of hydrogen-bond acceptors (Lipinski definition) is 5. The van der Waals surface area contributed by atoms with Gasteiger partial charge in [0.15, 0.2) is 11.5 Å². The molecule has 5 rings (SSSR count). The van der Waals surface area contributed by atoms with Crippen LogP contribution in [0.5, 0.6) is 11.5 Å². The lowest BCUT2D eigenvalue weighted by Crippen LogP contribution is -2.32. The Morgan fingerprint density at radius 3 is 3.00 bits per heavy atom.